The van der Waals surface area contributed by atoms with Gasteiger partial charge in [0.05, 0.1) is 12.2 Å². The van der Waals surface area contributed by atoms with Crippen LogP contribution in [-0.2, 0) is 4.74 Å². The van der Waals surface area contributed by atoms with Crippen molar-refractivity contribution in [2.24, 2.45) is 0 Å². The maximum Gasteiger partial charge on any atom is 0.338 e. The minimum atomic E-state index is -0.379. The van der Waals surface area contributed by atoms with Gasteiger partial charge in [-0.25, -0.2) is 4.79 Å². The number of esters is 1. The number of halogens is 1. The van der Waals surface area contributed by atoms with Crippen LogP contribution >= 0.6 is 28.1 Å². The zero-order chi connectivity index (χ0) is 17.5. The Balaban J connectivity index is 1.93. The molecule has 7 heteroatoms. The van der Waals surface area contributed by atoms with Crippen LogP contribution in [0.5, 0.6) is 0 Å². The number of hydrogen-bond donors (Lipinski definition) is 2. The van der Waals surface area contributed by atoms with E-state index >= 15 is 0 Å². The van der Waals surface area contributed by atoms with Gasteiger partial charge >= 0.3 is 5.97 Å². The predicted molar refractivity (Wildman–Crippen MR) is 100 cm³/mol. The lowest BCUT2D eigenvalue weighted by Gasteiger charge is -2.10. The van der Waals surface area contributed by atoms with Crippen molar-refractivity contribution in [2.75, 3.05) is 11.9 Å². The van der Waals surface area contributed by atoms with Gasteiger partial charge in [-0.15, -0.1) is 0 Å². The van der Waals surface area contributed by atoms with Crippen LogP contribution < -0.4 is 10.6 Å². The van der Waals surface area contributed by atoms with E-state index in [1.54, 1.807) is 55.5 Å². The molecule has 1 amide bonds. The van der Waals surface area contributed by atoms with Crippen LogP contribution in [0.2, 0.25) is 0 Å². The summed E-state index contributed by atoms with van der Waals surface area (Å²) in [5, 5.41) is 5.66. The van der Waals surface area contributed by atoms with E-state index in [0.29, 0.717) is 23.4 Å². The van der Waals surface area contributed by atoms with Gasteiger partial charge in [-0.2, -0.15) is 0 Å². The molecule has 0 unspecified atom stereocenters. The normalized spacial score (nSPS) is 9.92. The van der Waals surface area contributed by atoms with Crippen LogP contribution in [-0.4, -0.2) is 23.6 Å². The van der Waals surface area contributed by atoms with Crippen molar-refractivity contribution in [3.8, 4) is 0 Å². The first-order chi connectivity index (χ1) is 11.5. The van der Waals surface area contributed by atoms with Crippen LogP contribution in [0, 0.1) is 0 Å². The van der Waals surface area contributed by atoms with Gasteiger partial charge in [0.1, 0.15) is 0 Å². The zero-order valence-corrected chi connectivity index (χ0v) is 15.2. The fraction of sp³-hybridized carbons (Fsp3) is 0.118. The van der Waals surface area contributed by atoms with Gasteiger partial charge in [-0.05, 0) is 67.7 Å². The highest BCUT2D eigenvalue weighted by molar-refractivity contribution is 9.10. The maximum absolute atomic E-state index is 12.1. The molecular weight excluding hydrogens is 392 g/mol. The van der Waals surface area contributed by atoms with Crippen molar-refractivity contribution >= 4 is 50.8 Å². The molecule has 2 aromatic rings. The van der Waals surface area contributed by atoms with Gasteiger partial charge in [-0.1, -0.05) is 15.9 Å². The Morgan fingerprint density at radius 2 is 1.62 bits per heavy atom. The third-order valence-corrected chi connectivity index (χ3v) is 3.72. The third-order valence-electron chi connectivity index (χ3n) is 2.99. The van der Waals surface area contributed by atoms with Gasteiger partial charge in [0.25, 0.3) is 5.91 Å². The zero-order valence-electron chi connectivity index (χ0n) is 12.8. The molecule has 24 heavy (non-hydrogen) atoms. The van der Waals surface area contributed by atoms with Crippen molar-refractivity contribution in [3.63, 3.8) is 0 Å². The van der Waals surface area contributed by atoms with Gasteiger partial charge in [0.2, 0.25) is 0 Å². The van der Waals surface area contributed by atoms with Crippen LogP contribution in [0.1, 0.15) is 27.6 Å². The monoisotopic (exact) mass is 406 g/mol. The standard InChI is InChI=1S/C17H15BrN2O3S/c1-2-23-16(22)12-5-9-14(10-6-12)19-17(24)20-15(21)11-3-7-13(18)8-4-11/h3-10H,2H2,1H3,(H2,19,20,21,24). The number of carbonyl (C=O) groups excluding carboxylic acids is 2. The van der Waals surface area contributed by atoms with Crippen molar-refractivity contribution < 1.29 is 14.3 Å². The molecule has 5 nitrogen and oxygen atoms in total. The number of carbonyl (C=O) groups is 2. The highest BCUT2D eigenvalue weighted by Crippen LogP contribution is 2.12. The lowest BCUT2D eigenvalue weighted by molar-refractivity contribution is 0.0526. The number of ether oxygens (including phenoxy) is 1. The average Bonchev–Trinajstić information content (AvgIpc) is 2.56. The molecular formula is C17H15BrN2O3S. The quantitative estimate of drug-likeness (QED) is 0.597. The number of thiocarbonyl (C=S) groups is 1. The molecule has 0 saturated carbocycles. The van der Waals surface area contributed by atoms with Crippen molar-refractivity contribution in [1.82, 2.24) is 5.32 Å². The van der Waals surface area contributed by atoms with Gasteiger partial charge in [0, 0.05) is 15.7 Å². The smallest absolute Gasteiger partial charge is 0.338 e. The van der Waals surface area contributed by atoms with Crippen molar-refractivity contribution in [3.05, 3.63) is 64.1 Å². The molecule has 0 aliphatic rings. The van der Waals surface area contributed by atoms with E-state index < -0.39 is 0 Å². The van der Waals surface area contributed by atoms with E-state index in [-0.39, 0.29) is 17.0 Å². The summed E-state index contributed by atoms with van der Waals surface area (Å²) in [6.07, 6.45) is 0. The number of rotatable bonds is 4. The van der Waals surface area contributed by atoms with E-state index in [1.807, 2.05) is 0 Å². The fourth-order valence-electron chi connectivity index (χ4n) is 1.84. The third kappa shape index (κ3) is 5.14. The SMILES string of the molecule is CCOC(=O)c1ccc(NC(=S)NC(=O)c2ccc(Br)cc2)cc1. The number of nitrogens with one attached hydrogen (secondary N) is 2. The molecule has 0 aromatic heterocycles. The van der Waals surface area contributed by atoms with E-state index in [9.17, 15) is 9.59 Å². The molecule has 0 fully saturated rings. The van der Waals surface area contributed by atoms with E-state index in [2.05, 4.69) is 26.6 Å². The number of benzene rings is 2. The summed E-state index contributed by atoms with van der Waals surface area (Å²) >= 11 is 8.43. The highest BCUT2D eigenvalue weighted by atomic mass is 79.9. The van der Waals surface area contributed by atoms with E-state index in [0.717, 1.165) is 4.47 Å². The maximum atomic E-state index is 12.1. The molecule has 2 rings (SSSR count). The first kappa shape index (κ1) is 18.1. The van der Waals surface area contributed by atoms with E-state index in [4.69, 9.17) is 17.0 Å². The van der Waals surface area contributed by atoms with Crippen molar-refractivity contribution in [1.29, 1.82) is 0 Å². The first-order valence-corrected chi connectivity index (χ1v) is 8.35. The minimum absolute atomic E-state index is 0.173. The Kier molecular flexibility index (Phi) is 6.45. The second kappa shape index (κ2) is 8.56. The summed E-state index contributed by atoms with van der Waals surface area (Å²) < 4.78 is 5.80. The van der Waals surface area contributed by atoms with Crippen LogP contribution in [0.3, 0.4) is 0 Å². The fourth-order valence-corrected chi connectivity index (χ4v) is 2.32. The Bertz CT molecular complexity index is 745. The summed E-state index contributed by atoms with van der Waals surface area (Å²) in [6.45, 7) is 2.07. The Morgan fingerprint density at radius 1 is 1.04 bits per heavy atom. The Morgan fingerprint density at radius 3 is 2.21 bits per heavy atom. The summed E-state index contributed by atoms with van der Waals surface area (Å²) in [5.74, 6) is -0.682. The van der Waals surface area contributed by atoms with Crippen LogP contribution in [0.25, 0.3) is 0 Å². The van der Waals surface area contributed by atoms with Gasteiger partial charge in [-0.3, -0.25) is 10.1 Å². The van der Waals surface area contributed by atoms with E-state index in [1.165, 1.54) is 0 Å². The lowest BCUT2D eigenvalue weighted by Crippen LogP contribution is -2.34. The summed E-state index contributed by atoms with van der Waals surface area (Å²) in [6, 6.07) is 13.6. The number of amides is 1. The lowest BCUT2D eigenvalue weighted by atomic mass is 10.2. The largest absolute Gasteiger partial charge is 0.462 e. The predicted octanol–water partition coefficient (Wildman–Crippen LogP) is 3.75. The second-order valence-corrected chi connectivity index (χ2v) is 6.04. The molecule has 0 bridgehead atoms. The summed E-state index contributed by atoms with van der Waals surface area (Å²) in [5.41, 5.74) is 1.61. The molecule has 2 N–H and O–H groups in total. The highest BCUT2D eigenvalue weighted by Gasteiger charge is 2.09. The summed E-state index contributed by atoms with van der Waals surface area (Å²) in [7, 11) is 0. The Hall–Kier alpha value is -2.25. The van der Waals surface area contributed by atoms with Gasteiger partial charge < -0.3 is 10.1 Å². The van der Waals surface area contributed by atoms with Crippen LogP contribution in [0.15, 0.2) is 53.0 Å². The minimum Gasteiger partial charge on any atom is -0.462 e. The molecule has 0 atom stereocenters. The van der Waals surface area contributed by atoms with Crippen molar-refractivity contribution in [2.45, 2.75) is 6.92 Å². The average molecular weight is 407 g/mol. The number of hydrogen-bond acceptors (Lipinski definition) is 4. The molecule has 0 saturated heterocycles. The van der Waals surface area contributed by atoms with Gasteiger partial charge in [0.15, 0.2) is 5.11 Å². The molecule has 0 radical (unpaired) electrons. The topological polar surface area (TPSA) is 67.4 Å². The van der Waals surface area contributed by atoms with Crippen LogP contribution in [0.4, 0.5) is 5.69 Å². The second-order valence-electron chi connectivity index (χ2n) is 4.71. The molecule has 0 spiro atoms. The molecule has 0 heterocycles. The Labute approximate surface area is 153 Å². The summed E-state index contributed by atoms with van der Waals surface area (Å²) in [4.78, 5) is 23.6. The molecule has 124 valence electrons. The molecule has 0 aliphatic carbocycles. The molecule has 2 aromatic carbocycles. The number of anilines is 1. The molecule has 0 aliphatic heterocycles. The first-order valence-electron chi connectivity index (χ1n) is 7.14.